The van der Waals surface area contributed by atoms with Crippen LogP contribution in [0.15, 0.2) is 48.5 Å². The quantitative estimate of drug-likeness (QED) is 0.509. The number of ether oxygens (including phenoxy) is 3. The highest BCUT2D eigenvalue weighted by Crippen LogP contribution is 2.25. The van der Waals surface area contributed by atoms with Gasteiger partial charge >= 0.3 is 6.09 Å². The highest BCUT2D eigenvalue weighted by atomic mass is 35.5. The fourth-order valence-electron chi connectivity index (χ4n) is 4.13. The van der Waals surface area contributed by atoms with Gasteiger partial charge in [0.05, 0.1) is 29.3 Å². The van der Waals surface area contributed by atoms with Crippen molar-refractivity contribution >= 4 is 58.6 Å². The lowest BCUT2D eigenvalue weighted by Crippen LogP contribution is -2.41. The minimum atomic E-state index is -0.798. The first kappa shape index (κ1) is 26.9. The Morgan fingerprint density at radius 1 is 1.16 bits per heavy atom. The molecule has 2 heterocycles. The molecule has 2 saturated heterocycles. The molecule has 0 bridgehead atoms. The van der Waals surface area contributed by atoms with Crippen LogP contribution in [-0.2, 0) is 23.8 Å². The van der Waals surface area contributed by atoms with E-state index in [2.05, 4.69) is 5.32 Å². The molecular formula is C26H27Cl2N3O6. The molecule has 0 aromatic heterocycles. The number of nitrogens with zero attached hydrogens (tertiary/aromatic N) is 2. The lowest BCUT2D eigenvalue weighted by molar-refractivity contribution is -0.132. The molecule has 2 aliphatic heterocycles. The predicted molar refractivity (Wildman–Crippen MR) is 141 cm³/mol. The van der Waals surface area contributed by atoms with Gasteiger partial charge in [-0.3, -0.25) is 14.9 Å². The highest BCUT2D eigenvalue weighted by molar-refractivity contribution is 6.42. The molecule has 2 aromatic rings. The molecule has 0 aliphatic carbocycles. The average molecular weight is 548 g/mol. The van der Waals surface area contributed by atoms with Crippen LogP contribution in [0.4, 0.5) is 16.2 Å². The molecule has 0 unspecified atom stereocenters. The third kappa shape index (κ3) is 7.01. The summed E-state index contributed by atoms with van der Waals surface area (Å²) in [4.78, 5) is 40.7. The van der Waals surface area contributed by atoms with Gasteiger partial charge in [-0.15, -0.1) is 0 Å². The van der Waals surface area contributed by atoms with E-state index in [0.717, 1.165) is 0 Å². The fourth-order valence-corrected chi connectivity index (χ4v) is 4.44. The Balaban J connectivity index is 1.38. The van der Waals surface area contributed by atoms with Crippen molar-refractivity contribution in [3.05, 3.63) is 64.1 Å². The molecule has 37 heavy (non-hydrogen) atoms. The van der Waals surface area contributed by atoms with E-state index < -0.39 is 12.3 Å². The Morgan fingerprint density at radius 3 is 2.65 bits per heavy atom. The second-order valence-corrected chi connectivity index (χ2v) is 9.25. The molecule has 196 valence electrons. The van der Waals surface area contributed by atoms with Crippen LogP contribution in [0.1, 0.15) is 18.9 Å². The monoisotopic (exact) mass is 547 g/mol. The van der Waals surface area contributed by atoms with Gasteiger partial charge in [-0.2, -0.15) is 0 Å². The standard InChI is InChI=1S/C26H27Cl2N3O6/c1-2-36-20-14-25(31(15-20)23(32)10-4-17-3-9-21(27)22(28)13-17)37-26(34)29-18-5-7-19(8-6-18)30-11-12-35-16-24(30)33/h3-10,13,20,25H,2,11-12,14-16H2,1H3,(H,29,34)/b10-4+/t20-,25-/m1/s1. The number of halogens is 2. The summed E-state index contributed by atoms with van der Waals surface area (Å²) in [6.45, 7) is 3.63. The summed E-state index contributed by atoms with van der Waals surface area (Å²) in [6, 6.07) is 11.9. The van der Waals surface area contributed by atoms with Crippen molar-refractivity contribution in [3.8, 4) is 0 Å². The summed E-state index contributed by atoms with van der Waals surface area (Å²) in [5.74, 6) is -0.444. The fraction of sp³-hybridized carbons (Fsp3) is 0.346. The number of morpholine rings is 1. The summed E-state index contributed by atoms with van der Waals surface area (Å²) in [7, 11) is 0. The maximum absolute atomic E-state index is 13.0. The predicted octanol–water partition coefficient (Wildman–Crippen LogP) is 4.58. The van der Waals surface area contributed by atoms with Gasteiger partial charge in [0.25, 0.3) is 5.91 Å². The van der Waals surface area contributed by atoms with Crippen molar-refractivity contribution < 1.29 is 28.6 Å². The Morgan fingerprint density at radius 2 is 1.95 bits per heavy atom. The Labute approximate surface area is 224 Å². The van der Waals surface area contributed by atoms with Crippen LogP contribution in [0, 0.1) is 0 Å². The molecule has 1 N–H and O–H groups in total. The van der Waals surface area contributed by atoms with Gasteiger partial charge in [-0.1, -0.05) is 29.3 Å². The number of anilines is 2. The number of benzene rings is 2. The van der Waals surface area contributed by atoms with Crippen molar-refractivity contribution in [1.82, 2.24) is 4.90 Å². The van der Waals surface area contributed by atoms with Crippen LogP contribution in [0.25, 0.3) is 6.08 Å². The number of hydrogen-bond acceptors (Lipinski definition) is 6. The molecule has 11 heteroatoms. The SMILES string of the molecule is CCO[C@@H]1C[C@@H](OC(=O)Nc2ccc(N3CCOCC3=O)cc2)N(C(=O)/C=C/c2ccc(Cl)c(Cl)c2)C1. The van der Waals surface area contributed by atoms with Gasteiger partial charge in [0, 0.05) is 37.0 Å². The van der Waals surface area contributed by atoms with E-state index in [1.54, 1.807) is 53.4 Å². The summed E-state index contributed by atoms with van der Waals surface area (Å²) < 4.78 is 16.4. The van der Waals surface area contributed by atoms with E-state index in [4.69, 9.17) is 37.4 Å². The van der Waals surface area contributed by atoms with Crippen molar-refractivity contribution in [1.29, 1.82) is 0 Å². The summed E-state index contributed by atoms with van der Waals surface area (Å²) >= 11 is 12.0. The minimum Gasteiger partial charge on any atom is -0.425 e. The number of carbonyl (C=O) groups excluding carboxylic acids is 3. The lowest BCUT2D eigenvalue weighted by atomic mass is 10.2. The first-order valence-electron chi connectivity index (χ1n) is 11.8. The van der Waals surface area contributed by atoms with Crippen LogP contribution < -0.4 is 10.2 Å². The number of likely N-dealkylation sites (tertiary alicyclic amines) is 1. The molecule has 2 aromatic carbocycles. The first-order chi connectivity index (χ1) is 17.8. The van der Waals surface area contributed by atoms with Gasteiger partial charge in [-0.05, 0) is 55.0 Å². The number of hydrogen-bond donors (Lipinski definition) is 1. The Kier molecular flexibility index (Phi) is 9.04. The van der Waals surface area contributed by atoms with E-state index in [1.807, 2.05) is 6.92 Å². The van der Waals surface area contributed by atoms with Crippen LogP contribution >= 0.6 is 23.2 Å². The molecular weight excluding hydrogens is 521 g/mol. The molecule has 9 nitrogen and oxygen atoms in total. The molecule has 0 saturated carbocycles. The van der Waals surface area contributed by atoms with Gasteiger partial charge in [0.2, 0.25) is 5.91 Å². The second-order valence-electron chi connectivity index (χ2n) is 8.44. The van der Waals surface area contributed by atoms with Crippen molar-refractivity contribution in [2.45, 2.75) is 25.7 Å². The zero-order valence-corrected chi connectivity index (χ0v) is 21.7. The zero-order valence-electron chi connectivity index (χ0n) is 20.2. The van der Waals surface area contributed by atoms with E-state index in [0.29, 0.717) is 59.7 Å². The molecule has 2 fully saturated rings. The van der Waals surface area contributed by atoms with Crippen LogP contribution in [-0.4, -0.2) is 68.0 Å². The number of rotatable bonds is 7. The third-order valence-electron chi connectivity index (χ3n) is 5.91. The summed E-state index contributed by atoms with van der Waals surface area (Å²) in [6.07, 6.45) is 1.61. The van der Waals surface area contributed by atoms with Crippen LogP contribution in [0.5, 0.6) is 0 Å². The molecule has 2 aliphatic rings. The van der Waals surface area contributed by atoms with Gasteiger partial charge in [0.15, 0.2) is 6.23 Å². The smallest absolute Gasteiger partial charge is 0.413 e. The van der Waals surface area contributed by atoms with Crippen molar-refractivity contribution in [2.75, 3.05) is 43.1 Å². The van der Waals surface area contributed by atoms with Crippen LogP contribution in [0.2, 0.25) is 10.0 Å². The zero-order chi connectivity index (χ0) is 26.4. The molecule has 0 radical (unpaired) electrons. The van der Waals surface area contributed by atoms with Gasteiger partial charge in [0.1, 0.15) is 6.61 Å². The normalized spacial score (nSPS) is 19.9. The maximum atomic E-state index is 13.0. The van der Waals surface area contributed by atoms with Crippen LogP contribution in [0.3, 0.4) is 0 Å². The van der Waals surface area contributed by atoms with Gasteiger partial charge < -0.3 is 24.0 Å². The van der Waals surface area contributed by atoms with Crippen molar-refractivity contribution in [2.24, 2.45) is 0 Å². The lowest BCUT2D eigenvalue weighted by Gasteiger charge is -2.27. The Hall–Kier alpha value is -3.11. The van der Waals surface area contributed by atoms with E-state index in [9.17, 15) is 14.4 Å². The molecule has 0 spiro atoms. The highest BCUT2D eigenvalue weighted by Gasteiger charge is 2.37. The van der Waals surface area contributed by atoms with Gasteiger partial charge in [-0.25, -0.2) is 4.79 Å². The first-order valence-corrected chi connectivity index (χ1v) is 12.6. The van der Waals surface area contributed by atoms with Crippen molar-refractivity contribution in [3.63, 3.8) is 0 Å². The Bertz CT molecular complexity index is 1170. The largest absolute Gasteiger partial charge is 0.425 e. The topological polar surface area (TPSA) is 97.4 Å². The third-order valence-corrected chi connectivity index (χ3v) is 6.65. The number of carbonyl (C=O) groups is 3. The minimum absolute atomic E-state index is 0.0499. The molecule has 3 amide bonds. The molecule has 4 rings (SSSR count). The maximum Gasteiger partial charge on any atom is 0.413 e. The summed E-state index contributed by atoms with van der Waals surface area (Å²) in [5.41, 5.74) is 1.92. The van der Waals surface area contributed by atoms with E-state index >= 15 is 0 Å². The average Bonchev–Trinajstić information content (AvgIpc) is 3.27. The molecule has 2 atom stereocenters. The number of nitrogens with one attached hydrogen (secondary N) is 1. The van der Waals surface area contributed by atoms with E-state index in [1.165, 1.54) is 11.0 Å². The number of amides is 3. The van der Waals surface area contributed by atoms with E-state index in [-0.39, 0.29) is 24.5 Å². The second kappa shape index (κ2) is 12.4. The summed E-state index contributed by atoms with van der Waals surface area (Å²) in [5, 5.41) is 3.48.